The van der Waals surface area contributed by atoms with Crippen LogP contribution in [0.5, 0.6) is 0 Å². The van der Waals surface area contributed by atoms with Crippen molar-refractivity contribution in [3.63, 3.8) is 0 Å². The summed E-state index contributed by atoms with van der Waals surface area (Å²) in [6.45, 7) is 0. The molecule has 0 spiro atoms. The molecule has 0 aliphatic rings. The van der Waals surface area contributed by atoms with E-state index in [2.05, 4.69) is 0 Å². The molecule has 0 saturated carbocycles. The first-order valence-corrected chi connectivity index (χ1v) is 0. The molecule has 0 heterocycles. The van der Waals surface area contributed by atoms with Crippen molar-refractivity contribution >= 4 is 122 Å². The van der Waals surface area contributed by atoms with E-state index in [0.717, 1.165) is 0 Å². The first kappa shape index (κ1) is 189. The molecule has 0 aromatic heterocycles. The van der Waals surface area contributed by atoms with Gasteiger partial charge in [0.1, 0.15) is 0 Å². The van der Waals surface area contributed by atoms with Crippen LogP contribution in [0, 0.1) is 0 Å². The SMILES string of the molecule is [Al].[Al].[Al].[Al].[Al].[Al].[Al].[Fe].[Fe].[Fe].[Fe].[Fe].[Fe].[Fe].[Fe].[Fe]. The minimum atomic E-state index is 0. The Morgan fingerprint density at radius 2 is 0.125 bits per heavy atom. The molecule has 0 fully saturated rings. The Morgan fingerprint density at radius 1 is 0.125 bits per heavy atom. The molecule has 0 bridgehead atoms. The summed E-state index contributed by atoms with van der Waals surface area (Å²) in [5, 5.41) is 0. The third kappa shape index (κ3) is 145. The molecule has 0 amide bonds. The van der Waals surface area contributed by atoms with E-state index < -0.39 is 0 Å². The fraction of sp³-hybridized carbons (Fsp3) is 0. The maximum atomic E-state index is 0. The van der Waals surface area contributed by atoms with Crippen LogP contribution in [0.2, 0.25) is 0 Å². The summed E-state index contributed by atoms with van der Waals surface area (Å²) in [5.41, 5.74) is 0. The summed E-state index contributed by atoms with van der Waals surface area (Å²) in [4.78, 5) is 0. The molecule has 0 unspecified atom stereocenters. The Balaban J connectivity index is 0. The zero-order valence-corrected chi connectivity index (χ0v) is 25.2. The minimum absolute atomic E-state index is 0. The predicted molar refractivity (Wildman–Crippen MR) is 40.3 cm³/mol. The van der Waals surface area contributed by atoms with Crippen molar-refractivity contribution in [1.82, 2.24) is 0 Å². The van der Waals surface area contributed by atoms with Crippen molar-refractivity contribution < 1.29 is 154 Å². The normalized spacial score (nSPS) is 0. The first-order valence-electron chi connectivity index (χ1n) is 0. The number of hydrogen-bond donors (Lipinski definition) is 0. The molecule has 0 aliphatic heterocycles. The maximum Gasteiger partial charge on any atom is 0 e. The van der Waals surface area contributed by atoms with E-state index in [1.54, 1.807) is 0 Å². The standard InChI is InChI=1S/7Al.9Fe. The molecule has 0 aliphatic carbocycles. The first-order chi connectivity index (χ1) is 0. The average Bonchev–Trinajstić information content (AvgIpc) is 0. The van der Waals surface area contributed by atoms with Crippen LogP contribution < -0.4 is 0 Å². The molecule has 0 nitrogen and oxygen atoms in total. The topological polar surface area (TPSA) is 0 Å². The second-order valence-electron chi connectivity index (χ2n) is 0. The van der Waals surface area contributed by atoms with Crippen LogP contribution in [0.1, 0.15) is 0 Å². The summed E-state index contributed by atoms with van der Waals surface area (Å²) in [7, 11) is 0. The monoisotopic (exact) mass is 692 g/mol. The van der Waals surface area contributed by atoms with Crippen LogP contribution in [0.15, 0.2) is 0 Å². The third-order valence-corrected chi connectivity index (χ3v) is 0. The number of hydrogen-bond acceptors (Lipinski definition) is 0. The van der Waals surface area contributed by atoms with Crippen LogP contribution in [-0.4, -0.2) is 122 Å². The Labute approximate surface area is 269 Å². The predicted octanol–water partition coefficient (Wildman–Crippen LogP) is -2.69. The van der Waals surface area contributed by atoms with Crippen LogP contribution >= 0.6 is 0 Å². The van der Waals surface area contributed by atoms with Gasteiger partial charge in [-0.2, -0.15) is 0 Å². The van der Waals surface area contributed by atoms with Crippen LogP contribution in [-0.2, 0) is 154 Å². The molecule has 0 saturated heterocycles. The second kappa shape index (κ2) is 166. The molecular formula is Al7Fe9. The summed E-state index contributed by atoms with van der Waals surface area (Å²) >= 11 is 0. The molecule has 16 heavy (non-hydrogen) atoms. The smallest absolute Gasteiger partial charge is 0 e. The van der Waals surface area contributed by atoms with Gasteiger partial charge in [0.05, 0.1) is 0 Å². The van der Waals surface area contributed by atoms with Crippen LogP contribution in [0.25, 0.3) is 0 Å². The molecule has 0 atom stereocenters. The van der Waals surface area contributed by atoms with Crippen molar-refractivity contribution in [3.05, 3.63) is 0 Å². The van der Waals surface area contributed by atoms with Gasteiger partial charge in [-0.05, 0) is 0 Å². The molecule has 16 heteroatoms. The molecule has 21 radical (unpaired) electrons. The Kier molecular flexibility index (Phi) is 1970. The molecule has 93 valence electrons. The van der Waals surface area contributed by atoms with Gasteiger partial charge >= 0.3 is 0 Å². The molecule has 0 rings (SSSR count). The van der Waals surface area contributed by atoms with E-state index in [1.807, 2.05) is 0 Å². The third-order valence-electron chi connectivity index (χ3n) is 0. The van der Waals surface area contributed by atoms with Crippen molar-refractivity contribution in [2.75, 3.05) is 0 Å². The minimum Gasteiger partial charge on any atom is 0 e. The van der Waals surface area contributed by atoms with Gasteiger partial charge in [0.25, 0.3) is 0 Å². The molecule has 0 aromatic rings. The van der Waals surface area contributed by atoms with Crippen molar-refractivity contribution in [2.45, 2.75) is 0 Å². The van der Waals surface area contributed by atoms with Gasteiger partial charge in [-0.25, -0.2) is 0 Å². The maximum absolute atomic E-state index is 0. The van der Waals surface area contributed by atoms with E-state index in [0.29, 0.717) is 0 Å². The van der Waals surface area contributed by atoms with Crippen LogP contribution in [0.4, 0.5) is 0 Å². The second-order valence-corrected chi connectivity index (χ2v) is 0. The number of rotatable bonds is 0. The van der Waals surface area contributed by atoms with Crippen molar-refractivity contribution in [1.29, 1.82) is 0 Å². The summed E-state index contributed by atoms with van der Waals surface area (Å²) in [6, 6.07) is 0. The molecular weight excluding hydrogens is 691 g/mol. The Bertz CT molecular complexity index is 15.8. The summed E-state index contributed by atoms with van der Waals surface area (Å²) in [5.74, 6) is 0. The van der Waals surface area contributed by atoms with E-state index in [-0.39, 0.29) is 275 Å². The fourth-order valence-electron chi connectivity index (χ4n) is 0. The summed E-state index contributed by atoms with van der Waals surface area (Å²) < 4.78 is 0. The molecule has 0 aromatic carbocycles. The van der Waals surface area contributed by atoms with E-state index in [4.69, 9.17) is 0 Å². The molecule has 0 N–H and O–H groups in total. The van der Waals surface area contributed by atoms with Crippen molar-refractivity contribution in [2.24, 2.45) is 0 Å². The van der Waals surface area contributed by atoms with Gasteiger partial charge in [0.2, 0.25) is 0 Å². The Hall–Kier alpha value is 8.40. The van der Waals surface area contributed by atoms with Crippen LogP contribution in [0.3, 0.4) is 0 Å². The van der Waals surface area contributed by atoms with Crippen molar-refractivity contribution in [3.8, 4) is 0 Å². The van der Waals surface area contributed by atoms with Gasteiger partial charge in [0, 0.05) is 275 Å². The van der Waals surface area contributed by atoms with Gasteiger partial charge in [0.15, 0.2) is 0 Å². The van der Waals surface area contributed by atoms with E-state index >= 15 is 0 Å². The zero-order chi connectivity index (χ0) is 0. The quantitative estimate of drug-likeness (QED) is 0.243. The zero-order valence-electron chi connectivity index (χ0n) is 7.22. The average molecular weight is 691 g/mol. The van der Waals surface area contributed by atoms with Gasteiger partial charge in [-0.15, -0.1) is 0 Å². The Morgan fingerprint density at radius 3 is 0.125 bits per heavy atom. The van der Waals surface area contributed by atoms with Gasteiger partial charge < -0.3 is 0 Å². The largest absolute Gasteiger partial charge is 0 e. The summed E-state index contributed by atoms with van der Waals surface area (Å²) in [6.07, 6.45) is 0. The van der Waals surface area contributed by atoms with E-state index in [9.17, 15) is 0 Å². The van der Waals surface area contributed by atoms with Gasteiger partial charge in [-0.3, -0.25) is 0 Å². The van der Waals surface area contributed by atoms with Gasteiger partial charge in [-0.1, -0.05) is 0 Å². The van der Waals surface area contributed by atoms with E-state index in [1.165, 1.54) is 0 Å². The fourth-order valence-corrected chi connectivity index (χ4v) is 0.